The van der Waals surface area contributed by atoms with Gasteiger partial charge in [-0.2, -0.15) is 10.5 Å². The van der Waals surface area contributed by atoms with Crippen LogP contribution in [-0.2, 0) is 4.74 Å². The molecular formula is C9H11N3OS. The van der Waals surface area contributed by atoms with Crippen molar-refractivity contribution in [2.45, 2.75) is 0 Å². The number of allylic oxidation sites excluding steroid dienone is 1. The van der Waals surface area contributed by atoms with Crippen LogP contribution in [0, 0.1) is 22.7 Å². The smallest absolute Gasteiger partial charge is 0.159 e. The van der Waals surface area contributed by atoms with Crippen LogP contribution >= 0.6 is 11.8 Å². The first-order valence-corrected chi connectivity index (χ1v) is 5.47. The minimum absolute atomic E-state index is 0.194. The van der Waals surface area contributed by atoms with Gasteiger partial charge in [0, 0.05) is 13.1 Å². The van der Waals surface area contributed by atoms with Crippen molar-refractivity contribution in [3.05, 3.63) is 10.6 Å². The summed E-state index contributed by atoms with van der Waals surface area (Å²) in [6.07, 6.45) is 1.87. The van der Waals surface area contributed by atoms with Gasteiger partial charge in [-0.25, -0.2) is 0 Å². The Morgan fingerprint density at radius 3 is 2.29 bits per heavy atom. The highest BCUT2D eigenvalue weighted by molar-refractivity contribution is 8.02. The van der Waals surface area contributed by atoms with E-state index >= 15 is 0 Å². The number of rotatable bonds is 2. The summed E-state index contributed by atoms with van der Waals surface area (Å²) in [6, 6.07) is 3.83. The summed E-state index contributed by atoms with van der Waals surface area (Å²) in [7, 11) is 0. The molecule has 0 N–H and O–H groups in total. The molecule has 1 fully saturated rings. The third-order valence-electron chi connectivity index (χ3n) is 1.93. The highest BCUT2D eigenvalue weighted by Gasteiger charge is 2.16. The van der Waals surface area contributed by atoms with E-state index in [4.69, 9.17) is 15.3 Å². The fourth-order valence-electron chi connectivity index (χ4n) is 1.28. The molecule has 1 aliphatic heterocycles. The van der Waals surface area contributed by atoms with Gasteiger partial charge in [-0.3, -0.25) is 0 Å². The largest absolute Gasteiger partial charge is 0.378 e. The summed E-state index contributed by atoms with van der Waals surface area (Å²) >= 11 is 1.44. The lowest BCUT2D eigenvalue weighted by Gasteiger charge is -2.29. The van der Waals surface area contributed by atoms with Gasteiger partial charge in [0.25, 0.3) is 0 Å². The van der Waals surface area contributed by atoms with E-state index in [-0.39, 0.29) is 5.57 Å². The summed E-state index contributed by atoms with van der Waals surface area (Å²) in [4.78, 5) is 2.02. The van der Waals surface area contributed by atoms with Gasteiger partial charge in [0.05, 0.1) is 18.2 Å². The lowest BCUT2D eigenvalue weighted by Crippen LogP contribution is -2.35. The molecule has 0 unspecified atom stereocenters. The van der Waals surface area contributed by atoms with E-state index in [1.807, 2.05) is 23.3 Å². The highest BCUT2D eigenvalue weighted by atomic mass is 32.2. The molecule has 0 aromatic carbocycles. The van der Waals surface area contributed by atoms with Crippen molar-refractivity contribution >= 4 is 11.8 Å². The van der Waals surface area contributed by atoms with Crippen molar-refractivity contribution < 1.29 is 4.74 Å². The Labute approximate surface area is 87.7 Å². The van der Waals surface area contributed by atoms with Crippen LogP contribution in [0.4, 0.5) is 0 Å². The van der Waals surface area contributed by atoms with Crippen LogP contribution in [0.15, 0.2) is 10.6 Å². The van der Waals surface area contributed by atoms with E-state index in [1.54, 1.807) is 0 Å². The minimum Gasteiger partial charge on any atom is -0.378 e. The second-order valence-electron chi connectivity index (χ2n) is 2.71. The SMILES string of the molecule is CSC(=C(C#N)C#N)N1CCOCC1. The predicted octanol–water partition coefficient (Wildman–Crippen LogP) is 0.940. The standard InChI is InChI=1S/C9H11N3OS/c1-14-9(8(6-10)7-11)12-2-4-13-5-3-12/h2-5H2,1H3. The molecular weight excluding hydrogens is 198 g/mol. The quantitative estimate of drug-likeness (QED) is 0.633. The van der Waals surface area contributed by atoms with Gasteiger partial charge >= 0.3 is 0 Å². The average Bonchev–Trinajstić information content (AvgIpc) is 2.27. The van der Waals surface area contributed by atoms with Crippen molar-refractivity contribution in [3.8, 4) is 12.1 Å². The van der Waals surface area contributed by atoms with Gasteiger partial charge in [0.1, 0.15) is 12.1 Å². The maximum Gasteiger partial charge on any atom is 0.159 e. The highest BCUT2D eigenvalue weighted by Crippen LogP contribution is 2.22. The Bertz CT molecular complexity index is 291. The zero-order valence-electron chi connectivity index (χ0n) is 7.99. The summed E-state index contributed by atoms with van der Waals surface area (Å²) in [5, 5.41) is 18.3. The Kier molecular flexibility index (Phi) is 4.31. The zero-order chi connectivity index (χ0) is 10.4. The second kappa shape index (κ2) is 5.54. The molecule has 0 radical (unpaired) electrons. The summed E-state index contributed by atoms with van der Waals surface area (Å²) < 4.78 is 5.20. The van der Waals surface area contributed by atoms with E-state index in [1.165, 1.54) is 11.8 Å². The molecule has 0 aromatic heterocycles. The number of hydrogen-bond acceptors (Lipinski definition) is 5. The van der Waals surface area contributed by atoms with Gasteiger partial charge in [0.15, 0.2) is 5.57 Å². The Hall–Kier alpha value is -1.17. The number of morpholine rings is 1. The first kappa shape index (κ1) is 10.9. The van der Waals surface area contributed by atoms with E-state index < -0.39 is 0 Å². The molecule has 1 heterocycles. The summed E-state index contributed by atoms with van der Waals surface area (Å²) in [5.41, 5.74) is 0.194. The lowest BCUT2D eigenvalue weighted by atomic mass is 10.3. The number of ether oxygens (including phenoxy) is 1. The molecule has 1 rings (SSSR count). The van der Waals surface area contributed by atoms with Gasteiger partial charge < -0.3 is 9.64 Å². The van der Waals surface area contributed by atoms with Crippen molar-refractivity contribution in [2.24, 2.45) is 0 Å². The Balaban J connectivity index is 2.85. The van der Waals surface area contributed by atoms with E-state index in [0.29, 0.717) is 13.2 Å². The Morgan fingerprint density at radius 2 is 1.86 bits per heavy atom. The monoisotopic (exact) mass is 209 g/mol. The normalized spacial score (nSPS) is 15.5. The first-order chi connectivity index (χ1) is 6.83. The molecule has 0 saturated carbocycles. The minimum atomic E-state index is 0.194. The van der Waals surface area contributed by atoms with E-state index in [2.05, 4.69) is 0 Å². The topological polar surface area (TPSA) is 60.0 Å². The molecule has 0 atom stereocenters. The number of nitriles is 2. The molecule has 14 heavy (non-hydrogen) atoms. The van der Waals surface area contributed by atoms with Gasteiger partial charge in [-0.15, -0.1) is 11.8 Å². The van der Waals surface area contributed by atoms with Gasteiger partial charge in [-0.1, -0.05) is 0 Å². The summed E-state index contributed by atoms with van der Waals surface area (Å²) in [6.45, 7) is 2.83. The maximum atomic E-state index is 8.76. The number of thioether (sulfide) groups is 1. The van der Waals surface area contributed by atoms with E-state index in [9.17, 15) is 0 Å². The molecule has 0 aliphatic carbocycles. The van der Waals surface area contributed by atoms with Crippen LogP contribution in [0.3, 0.4) is 0 Å². The van der Waals surface area contributed by atoms with Crippen LogP contribution in [0.25, 0.3) is 0 Å². The van der Waals surface area contributed by atoms with Crippen LogP contribution in [0.2, 0.25) is 0 Å². The van der Waals surface area contributed by atoms with Gasteiger partial charge in [0.2, 0.25) is 0 Å². The molecule has 5 heteroatoms. The molecule has 0 spiro atoms. The lowest BCUT2D eigenvalue weighted by molar-refractivity contribution is 0.0575. The van der Waals surface area contributed by atoms with Crippen LogP contribution in [-0.4, -0.2) is 37.5 Å². The first-order valence-electron chi connectivity index (χ1n) is 4.24. The number of hydrogen-bond donors (Lipinski definition) is 0. The van der Waals surface area contributed by atoms with Crippen molar-refractivity contribution in [3.63, 3.8) is 0 Å². The maximum absolute atomic E-state index is 8.76. The van der Waals surface area contributed by atoms with Gasteiger partial charge in [-0.05, 0) is 6.26 Å². The van der Waals surface area contributed by atoms with Crippen molar-refractivity contribution in [2.75, 3.05) is 32.6 Å². The summed E-state index contributed by atoms with van der Waals surface area (Å²) in [5.74, 6) is 0. The fourth-order valence-corrected chi connectivity index (χ4v) is 2.01. The average molecular weight is 209 g/mol. The fraction of sp³-hybridized carbons (Fsp3) is 0.556. The van der Waals surface area contributed by atoms with Crippen LogP contribution < -0.4 is 0 Å². The number of nitrogens with zero attached hydrogens (tertiary/aromatic N) is 3. The van der Waals surface area contributed by atoms with Crippen molar-refractivity contribution in [1.82, 2.24) is 4.90 Å². The molecule has 4 nitrogen and oxygen atoms in total. The molecule has 0 bridgehead atoms. The van der Waals surface area contributed by atoms with Crippen LogP contribution in [0.1, 0.15) is 0 Å². The van der Waals surface area contributed by atoms with Crippen molar-refractivity contribution in [1.29, 1.82) is 10.5 Å². The Morgan fingerprint density at radius 1 is 1.29 bits per heavy atom. The van der Waals surface area contributed by atoms with E-state index in [0.717, 1.165) is 18.1 Å². The molecule has 0 aromatic rings. The second-order valence-corrected chi connectivity index (χ2v) is 3.50. The molecule has 74 valence electrons. The zero-order valence-corrected chi connectivity index (χ0v) is 8.80. The predicted molar refractivity (Wildman–Crippen MR) is 54.2 cm³/mol. The molecule has 1 aliphatic rings. The molecule has 1 saturated heterocycles. The molecule has 0 amide bonds. The third kappa shape index (κ3) is 2.41. The van der Waals surface area contributed by atoms with Crippen LogP contribution in [0.5, 0.6) is 0 Å². The third-order valence-corrected chi connectivity index (χ3v) is 2.78.